The minimum Gasteiger partial charge on any atom is -0.413 e. The van der Waals surface area contributed by atoms with Crippen LogP contribution in [0.5, 0.6) is 0 Å². The van der Waals surface area contributed by atoms with E-state index >= 15 is 0 Å². The number of hydrogen-bond acceptors (Lipinski definition) is 3. The Morgan fingerprint density at radius 3 is 2.95 bits per heavy atom. The van der Waals surface area contributed by atoms with Gasteiger partial charge in [-0.25, -0.2) is 0 Å². The average Bonchev–Trinajstić information content (AvgIpc) is 2.46. The number of benzene rings is 1. The molecule has 0 aliphatic carbocycles. The quantitative estimate of drug-likeness (QED) is 0.602. The maximum atomic E-state index is 5.76. The summed E-state index contributed by atoms with van der Waals surface area (Å²) in [5, 5.41) is 3.39. The lowest BCUT2D eigenvalue weighted by atomic mass is 9.88. The van der Waals surface area contributed by atoms with Crippen molar-refractivity contribution >= 4 is 7.69 Å². The molecule has 1 saturated heterocycles. The lowest BCUT2D eigenvalue weighted by Gasteiger charge is -2.32. The van der Waals surface area contributed by atoms with E-state index in [0.29, 0.717) is 5.92 Å². The van der Waals surface area contributed by atoms with Crippen molar-refractivity contribution in [3.63, 3.8) is 0 Å². The van der Waals surface area contributed by atoms with Crippen molar-refractivity contribution in [3.8, 4) is 0 Å². The van der Waals surface area contributed by atoms with Gasteiger partial charge in [0.2, 0.25) is 0 Å². The highest BCUT2D eigenvalue weighted by molar-refractivity contribution is 6.18. The first-order chi connectivity index (χ1) is 9.40. The normalized spacial score (nSPS) is 23.2. The molecule has 1 heterocycles. The van der Waals surface area contributed by atoms with E-state index in [9.17, 15) is 0 Å². The lowest BCUT2D eigenvalue weighted by Crippen LogP contribution is -2.44. The summed E-state index contributed by atoms with van der Waals surface area (Å²) in [6, 6.07) is 10.6. The summed E-state index contributed by atoms with van der Waals surface area (Å²) in [4.78, 5) is 0. The number of hydrogen-bond donors (Lipinski definition) is 1. The maximum Gasteiger partial charge on any atom is 0.488 e. The van der Waals surface area contributed by atoms with Gasteiger partial charge in [0.15, 0.2) is 0 Å². The van der Waals surface area contributed by atoms with Crippen LogP contribution in [0.2, 0.25) is 0 Å². The molecule has 1 aromatic carbocycles. The second-order valence-electron chi connectivity index (χ2n) is 5.08. The topological polar surface area (TPSA) is 30.5 Å². The third-order valence-corrected chi connectivity index (χ3v) is 3.52. The predicted octanol–water partition coefficient (Wildman–Crippen LogP) is 2.18. The third-order valence-electron chi connectivity index (χ3n) is 3.52. The van der Waals surface area contributed by atoms with Crippen molar-refractivity contribution in [2.75, 3.05) is 19.7 Å². The molecule has 1 aliphatic heterocycles. The van der Waals surface area contributed by atoms with E-state index in [0.717, 1.165) is 39.0 Å². The molecule has 3 nitrogen and oxygen atoms in total. The molecule has 0 aromatic heterocycles. The molecule has 0 bridgehead atoms. The van der Waals surface area contributed by atoms with Crippen LogP contribution < -0.4 is 5.32 Å². The zero-order valence-electron chi connectivity index (χ0n) is 11.7. The molecule has 1 N–H and O–H groups in total. The second-order valence-corrected chi connectivity index (χ2v) is 5.08. The molecule has 4 heteroatoms. The lowest BCUT2D eigenvalue weighted by molar-refractivity contribution is 0.0823. The van der Waals surface area contributed by atoms with Crippen molar-refractivity contribution in [2.45, 2.75) is 32.3 Å². The van der Waals surface area contributed by atoms with Crippen LogP contribution in [0.3, 0.4) is 0 Å². The Labute approximate surface area is 117 Å². The fourth-order valence-corrected chi connectivity index (χ4v) is 2.47. The van der Waals surface area contributed by atoms with Crippen LogP contribution in [-0.4, -0.2) is 33.5 Å². The Balaban J connectivity index is 1.82. The van der Waals surface area contributed by atoms with Crippen LogP contribution >= 0.6 is 0 Å². The molecule has 1 fully saturated rings. The van der Waals surface area contributed by atoms with E-state index in [1.165, 1.54) is 13.2 Å². The molecule has 19 heavy (non-hydrogen) atoms. The van der Waals surface area contributed by atoms with Gasteiger partial charge in [-0.1, -0.05) is 37.3 Å². The molecular weight excluding hydrogens is 237 g/mol. The van der Waals surface area contributed by atoms with Gasteiger partial charge >= 0.3 is 7.69 Å². The van der Waals surface area contributed by atoms with Gasteiger partial charge in [0.1, 0.15) is 0 Å². The summed E-state index contributed by atoms with van der Waals surface area (Å²) in [5.74, 6) is 0.560. The number of nitrogens with one attached hydrogen (secondary N) is 1. The molecule has 103 valence electrons. The van der Waals surface area contributed by atoms with Gasteiger partial charge in [-0.15, -0.1) is 0 Å². The summed E-state index contributed by atoms with van der Waals surface area (Å²) in [7, 11) is 1.53. The highest BCUT2D eigenvalue weighted by atomic mass is 16.6. The first kappa shape index (κ1) is 14.6. The highest BCUT2D eigenvalue weighted by Crippen LogP contribution is 2.20. The molecule has 2 rings (SSSR count). The van der Waals surface area contributed by atoms with E-state index in [4.69, 9.17) is 9.31 Å². The van der Waals surface area contributed by atoms with E-state index in [-0.39, 0.29) is 6.10 Å². The summed E-state index contributed by atoms with van der Waals surface area (Å²) < 4.78 is 11.1. The van der Waals surface area contributed by atoms with Gasteiger partial charge in [-0.3, -0.25) is 0 Å². The zero-order chi connectivity index (χ0) is 13.3. The monoisotopic (exact) mass is 260 g/mol. The largest absolute Gasteiger partial charge is 0.488 e. The first-order valence-electron chi connectivity index (χ1n) is 7.23. The predicted molar refractivity (Wildman–Crippen MR) is 78.0 cm³/mol. The molecule has 2 unspecified atom stereocenters. The molecule has 1 aromatic rings. The maximum absolute atomic E-state index is 5.76. The van der Waals surface area contributed by atoms with Gasteiger partial charge < -0.3 is 14.6 Å². The Bertz CT molecular complexity index is 347. The third kappa shape index (κ3) is 4.98. The first-order valence-corrected chi connectivity index (χ1v) is 7.23. The van der Waals surface area contributed by atoms with Crippen molar-refractivity contribution in [1.82, 2.24) is 5.32 Å². The van der Waals surface area contributed by atoms with E-state index < -0.39 is 0 Å². The van der Waals surface area contributed by atoms with Crippen LogP contribution in [0.1, 0.15) is 25.3 Å². The highest BCUT2D eigenvalue weighted by Gasteiger charge is 2.25. The molecule has 1 radical (unpaired) electrons. The van der Waals surface area contributed by atoms with E-state index in [1.807, 2.05) is 0 Å². The molecule has 2 atom stereocenters. The van der Waals surface area contributed by atoms with Crippen molar-refractivity contribution in [3.05, 3.63) is 35.9 Å². The van der Waals surface area contributed by atoms with E-state index in [1.54, 1.807) is 0 Å². The van der Waals surface area contributed by atoms with E-state index in [2.05, 4.69) is 42.6 Å². The average molecular weight is 260 g/mol. The van der Waals surface area contributed by atoms with Crippen LogP contribution in [0, 0.1) is 5.92 Å². The Morgan fingerprint density at radius 1 is 1.32 bits per heavy atom. The van der Waals surface area contributed by atoms with Crippen LogP contribution in [-0.2, 0) is 15.7 Å². The van der Waals surface area contributed by atoms with Crippen molar-refractivity contribution < 1.29 is 9.31 Å². The van der Waals surface area contributed by atoms with Crippen molar-refractivity contribution in [2.24, 2.45) is 5.92 Å². The fourth-order valence-electron chi connectivity index (χ4n) is 2.47. The second kappa shape index (κ2) is 8.36. The standard InChI is InChI=1S/C15H23BNO2/c1-2-10-18-16-19-15-12-17-9-8-14(15)11-13-6-4-3-5-7-13/h3-7,14-15,17H,2,8-12H2,1H3. The number of rotatable bonds is 7. The molecule has 0 spiro atoms. The Kier molecular flexibility index (Phi) is 6.41. The minimum absolute atomic E-state index is 0.214. The van der Waals surface area contributed by atoms with Gasteiger partial charge in [0.05, 0.1) is 6.10 Å². The molecule has 0 amide bonds. The van der Waals surface area contributed by atoms with Crippen molar-refractivity contribution in [1.29, 1.82) is 0 Å². The Hall–Kier alpha value is -0.835. The summed E-state index contributed by atoms with van der Waals surface area (Å²) in [6.45, 7) is 4.80. The van der Waals surface area contributed by atoms with Gasteiger partial charge in [0, 0.05) is 13.2 Å². The van der Waals surface area contributed by atoms with Gasteiger partial charge in [-0.2, -0.15) is 0 Å². The van der Waals surface area contributed by atoms with Gasteiger partial charge in [0.25, 0.3) is 0 Å². The minimum atomic E-state index is 0.214. The van der Waals surface area contributed by atoms with Crippen LogP contribution in [0.15, 0.2) is 30.3 Å². The number of piperidine rings is 1. The molecular formula is C15H23BNO2. The van der Waals surface area contributed by atoms with Crippen LogP contribution in [0.25, 0.3) is 0 Å². The SMILES string of the molecule is CCCO[B]OC1CNCCC1Cc1ccccc1. The van der Waals surface area contributed by atoms with Crippen LogP contribution in [0.4, 0.5) is 0 Å². The fraction of sp³-hybridized carbons (Fsp3) is 0.600. The Morgan fingerprint density at radius 2 is 2.16 bits per heavy atom. The molecule has 1 aliphatic rings. The summed E-state index contributed by atoms with van der Waals surface area (Å²) in [5.41, 5.74) is 1.39. The molecule has 0 saturated carbocycles. The van der Waals surface area contributed by atoms with Gasteiger partial charge in [-0.05, 0) is 37.3 Å². The smallest absolute Gasteiger partial charge is 0.413 e. The summed E-state index contributed by atoms with van der Waals surface area (Å²) >= 11 is 0. The summed E-state index contributed by atoms with van der Waals surface area (Å²) in [6.07, 6.45) is 3.46. The zero-order valence-corrected chi connectivity index (χ0v) is 11.7.